The number of carbonyl (C=O) groups excluding carboxylic acids is 1. The minimum Gasteiger partial charge on any atom is -0.489 e. The fourth-order valence-electron chi connectivity index (χ4n) is 12.5. The zero-order valence-electron chi connectivity index (χ0n) is 40.3. The zero-order valence-corrected chi connectivity index (χ0v) is 41.1. The normalized spacial score (nSPS) is 22.8. The van der Waals surface area contributed by atoms with Crippen molar-refractivity contribution >= 4 is 44.0 Å². The van der Waals surface area contributed by atoms with Crippen molar-refractivity contribution < 1.29 is 27.6 Å². The number of carbonyl (C=O) groups is 1. The Bertz CT molecular complexity index is 2900. The largest absolute Gasteiger partial charge is 0.489 e. The van der Waals surface area contributed by atoms with Gasteiger partial charge in [-0.2, -0.15) is 0 Å². The molecule has 0 radical (unpaired) electrons. The molecule has 2 atom stereocenters. The van der Waals surface area contributed by atoms with E-state index in [0.29, 0.717) is 35.1 Å². The SMILES string of the molecule is CC(C)c1ccccc1[C@H]1CCCN1C1CC2(CCN(c3ccc(C(=O)NS(=O)(=O)c4cc5c(c([N+](=O)[O-])c4)NC(C4CCC(C)(C)CC4)CO5)c(Oc4cnc5[nH]cc(C6CC6)c5c4)c3)CC2)C1. The fraction of sp³-hybridized carbons (Fsp3) is 0.519. The summed E-state index contributed by atoms with van der Waals surface area (Å²) in [7, 11) is -4.64. The van der Waals surface area contributed by atoms with E-state index >= 15 is 0 Å². The molecule has 69 heavy (non-hydrogen) atoms. The number of likely N-dealkylation sites (tertiary alicyclic amines) is 1. The number of ether oxygens (including phenoxy) is 2. The third kappa shape index (κ3) is 8.94. The van der Waals surface area contributed by atoms with Gasteiger partial charge in [0.05, 0.1) is 27.6 Å². The number of nitro groups is 1. The quantitative estimate of drug-likeness (QED) is 0.0803. The molecule has 5 heterocycles. The number of pyridine rings is 1. The highest BCUT2D eigenvalue weighted by Gasteiger charge is 2.50. The summed E-state index contributed by atoms with van der Waals surface area (Å²) in [5.74, 6) is 0.948. The van der Waals surface area contributed by atoms with Crippen molar-refractivity contribution in [3.05, 3.63) is 105 Å². The van der Waals surface area contributed by atoms with Gasteiger partial charge in [-0.3, -0.25) is 19.8 Å². The van der Waals surface area contributed by atoms with E-state index in [-0.39, 0.29) is 46.7 Å². The third-order valence-electron chi connectivity index (χ3n) is 16.7. The highest BCUT2D eigenvalue weighted by atomic mass is 32.2. The molecular formula is C54H65N7O7S. The molecule has 2 aromatic heterocycles. The summed E-state index contributed by atoms with van der Waals surface area (Å²) in [5, 5.41) is 16.8. The number of anilines is 2. The number of piperidine rings is 1. The van der Waals surface area contributed by atoms with Crippen molar-refractivity contribution in [2.24, 2.45) is 16.7 Å². The molecule has 0 bridgehead atoms. The predicted octanol–water partition coefficient (Wildman–Crippen LogP) is 11.4. The number of nitro benzene ring substituents is 1. The molecule has 5 fully saturated rings. The molecule has 3 aliphatic heterocycles. The standard InChI is InChI=1S/C54H65N7O7S/c1-33(2)40-8-5-6-9-41(40)46-10-7-21-60(46)37-28-54(29-37)19-22-59(23-20-54)36-13-14-42(48(24-36)68-38-25-43-44(34-11-12-34)31-56-51(43)55-30-38)52(62)58-69(65,66)39-26-47(61(63)64)50-49(27-39)67-32-45(57-50)35-15-17-53(3,4)18-16-35/h5-6,8-9,13-14,24-27,30-31,33-35,37,45-46,57H,7,10-12,15-23,28-29,32H2,1-4H3,(H,55,56)(H,58,62)/t45?,46-/m1/s1. The molecule has 3 aromatic carbocycles. The Morgan fingerprint density at radius 1 is 0.957 bits per heavy atom. The van der Waals surface area contributed by atoms with Crippen LogP contribution in [0, 0.1) is 26.9 Å². The monoisotopic (exact) mass is 955 g/mol. The molecule has 3 aliphatic carbocycles. The average Bonchev–Trinajstić information content (AvgIpc) is 3.89. The number of nitrogens with one attached hydrogen (secondary N) is 3. The van der Waals surface area contributed by atoms with Crippen LogP contribution < -0.4 is 24.4 Å². The molecule has 14 nitrogen and oxygen atoms in total. The summed E-state index contributed by atoms with van der Waals surface area (Å²) in [5.41, 5.74) is 6.04. The lowest BCUT2D eigenvalue weighted by Crippen LogP contribution is -2.54. The van der Waals surface area contributed by atoms with Crippen molar-refractivity contribution in [2.75, 3.05) is 36.5 Å². The molecule has 5 aromatic rings. The van der Waals surface area contributed by atoms with Crippen LogP contribution in [0.25, 0.3) is 11.0 Å². The maximum Gasteiger partial charge on any atom is 0.297 e. The first-order valence-corrected chi connectivity index (χ1v) is 26.8. The molecule has 1 amide bonds. The van der Waals surface area contributed by atoms with Crippen LogP contribution in [-0.4, -0.2) is 72.4 Å². The number of H-pyrrole nitrogens is 1. The van der Waals surface area contributed by atoms with Crippen LogP contribution >= 0.6 is 0 Å². The minimum atomic E-state index is -4.64. The van der Waals surface area contributed by atoms with E-state index < -0.39 is 31.4 Å². The van der Waals surface area contributed by atoms with Crippen molar-refractivity contribution in [3.8, 4) is 17.2 Å². The summed E-state index contributed by atoms with van der Waals surface area (Å²) in [4.78, 5) is 38.7. The van der Waals surface area contributed by atoms with Gasteiger partial charge < -0.3 is 24.7 Å². The van der Waals surface area contributed by atoms with E-state index in [1.165, 1.54) is 48.4 Å². The first-order valence-electron chi connectivity index (χ1n) is 25.3. The van der Waals surface area contributed by atoms with Crippen LogP contribution in [0.2, 0.25) is 0 Å². The lowest BCUT2D eigenvalue weighted by Gasteiger charge is -2.56. The lowest BCUT2D eigenvalue weighted by atomic mass is 9.59. The lowest BCUT2D eigenvalue weighted by molar-refractivity contribution is -0.384. The Hall–Kier alpha value is -5.67. The van der Waals surface area contributed by atoms with Gasteiger partial charge in [-0.25, -0.2) is 18.1 Å². The summed E-state index contributed by atoms with van der Waals surface area (Å²) < 4.78 is 43.0. The van der Waals surface area contributed by atoms with Gasteiger partial charge in [-0.15, -0.1) is 0 Å². The Morgan fingerprint density at radius 2 is 1.72 bits per heavy atom. The number of sulfonamides is 1. The van der Waals surface area contributed by atoms with Crippen molar-refractivity contribution in [1.82, 2.24) is 19.6 Å². The molecule has 3 saturated carbocycles. The number of amides is 1. The van der Waals surface area contributed by atoms with Gasteiger partial charge in [0.25, 0.3) is 21.6 Å². The third-order valence-corrected chi connectivity index (χ3v) is 18.1. The zero-order chi connectivity index (χ0) is 47.8. The van der Waals surface area contributed by atoms with Gasteiger partial charge in [0.15, 0.2) is 11.4 Å². The highest BCUT2D eigenvalue weighted by molar-refractivity contribution is 7.90. The first kappa shape index (κ1) is 45.8. The summed E-state index contributed by atoms with van der Waals surface area (Å²) in [6, 6.07) is 19.4. The van der Waals surface area contributed by atoms with E-state index in [4.69, 9.17) is 9.47 Å². The number of fused-ring (bicyclic) bond motifs is 2. The second-order valence-electron chi connectivity index (χ2n) is 22.2. The van der Waals surface area contributed by atoms with Gasteiger partial charge in [0.1, 0.15) is 23.8 Å². The Balaban J connectivity index is 0.821. The number of rotatable bonds is 12. The van der Waals surface area contributed by atoms with Gasteiger partial charge in [0.2, 0.25) is 0 Å². The minimum absolute atomic E-state index is 0.00249. The van der Waals surface area contributed by atoms with Crippen LogP contribution in [0.15, 0.2) is 78.0 Å². The molecule has 1 unspecified atom stereocenters. The van der Waals surface area contributed by atoms with E-state index in [2.05, 4.69) is 81.8 Å². The van der Waals surface area contributed by atoms with E-state index in [1.54, 1.807) is 12.3 Å². The molecular weight excluding hydrogens is 891 g/mol. The maximum atomic E-state index is 14.3. The van der Waals surface area contributed by atoms with E-state index in [1.807, 2.05) is 24.4 Å². The number of nitrogens with zero attached hydrogens (tertiary/aromatic N) is 4. The van der Waals surface area contributed by atoms with E-state index in [9.17, 15) is 23.3 Å². The smallest absolute Gasteiger partial charge is 0.297 e. The second-order valence-corrected chi connectivity index (χ2v) is 23.8. The van der Waals surface area contributed by atoms with Crippen molar-refractivity contribution in [2.45, 2.75) is 140 Å². The molecule has 3 N–H and O–H groups in total. The molecule has 11 rings (SSSR count). The second kappa shape index (κ2) is 17.6. The average molecular weight is 956 g/mol. The van der Waals surface area contributed by atoms with E-state index in [0.717, 1.165) is 93.8 Å². The van der Waals surface area contributed by atoms with Crippen molar-refractivity contribution in [3.63, 3.8) is 0 Å². The van der Waals surface area contributed by atoms with Crippen molar-refractivity contribution in [1.29, 1.82) is 0 Å². The molecule has 1 spiro atoms. The molecule has 2 saturated heterocycles. The van der Waals surface area contributed by atoms with Crippen LogP contribution in [0.5, 0.6) is 17.2 Å². The summed E-state index contributed by atoms with van der Waals surface area (Å²) in [6.45, 7) is 12.2. The van der Waals surface area contributed by atoms with Crippen LogP contribution in [0.4, 0.5) is 17.1 Å². The predicted molar refractivity (Wildman–Crippen MR) is 267 cm³/mol. The van der Waals surface area contributed by atoms with Gasteiger partial charge in [0, 0.05) is 60.6 Å². The van der Waals surface area contributed by atoms with Crippen LogP contribution in [0.3, 0.4) is 0 Å². The number of aromatic amines is 1. The topological polar surface area (TPSA) is 172 Å². The molecule has 15 heteroatoms. The van der Waals surface area contributed by atoms with Crippen LogP contribution in [0.1, 0.15) is 150 Å². The molecule has 6 aliphatic rings. The highest BCUT2D eigenvalue weighted by Crippen LogP contribution is 2.55. The van der Waals surface area contributed by atoms with Crippen LogP contribution in [-0.2, 0) is 10.0 Å². The Kier molecular flexibility index (Phi) is 11.7. The fourth-order valence-corrected chi connectivity index (χ4v) is 13.5. The van der Waals surface area contributed by atoms with Gasteiger partial charge in [-0.1, -0.05) is 52.0 Å². The number of hydrogen-bond acceptors (Lipinski definition) is 11. The molecule has 364 valence electrons. The first-order chi connectivity index (χ1) is 33.1. The number of hydrogen-bond donors (Lipinski definition) is 3. The Morgan fingerprint density at radius 3 is 2.46 bits per heavy atom. The number of benzene rings is 3. The maximum absolute atomic E-state index is 14.3. The summed E-state index contributed by atoms with van der Waals surface area (Å²) >= 11 is 0. The van der Waals surface area contributed by atoms with Gasteiger partial charge >= 0.3 is 0 Å². The Labute approximate surface area is 405 Å². The number of aromatic nitrogens is 2. The summed E-state index contributed by atoms with van der Waals surface area (Å²) in [6.07, 6.45) is 16.8. The van der Waals surface area contributed by atoms with Gasteiger partial charge in [-0.05, 0) is 147 Å².